The first kappa shape index (κ1) is 11.6. The van der Waals surface area contributed by atoms with Crippen LogP contribution in [0.1, 0.15) is 35.2 Å². The average Bonchev–Trinajstić information content (AvgIpc) is 2.90. The lowest BCUT2D eigenvalue weighted by atomic mass is 9.93. The minimum atomic E-state index is -0.311. The molecule has 92 valence electrons. The van der Waals surface area contributed by atoms with Crippen LogP contribution in [0, 0.1) is 36.3 Å². The number of benzene rings is 1. The number of rotatable bonds is 2. The molecular formula is C14H15BrF2. The summed E-state index contributed by atoms with van der Waals surface area (Å²) >= 11 is 3.56. The van der Waals surface area contributed by atoms with Crippen molar-refractivity contribution >= 4 is 15.9 Å². The molecule has 0 amide bonds. The summed E-state index contributed by atoms with van der Waals surface area (Å²) in [6, 6.07) is 2.66. The zero-order valence-corrected chi connectivity index (χ0v) is 11.3. The van der Waals surface area contributed by atoms with Gasteiger partial charge in [-0.3, -0.25) is 0 Å². The molecule has 0 N–H and O–H groups in total. The van der Waals surface area contributed by atoms with Gasteiger partial charge in [-0.2, -0.15) is 0 Å². The van der Waals surface area contributed by atoms with Gasteiger partial charge in [0.1, 0.15) is 11.6 Å². The molecule has 0 spiro atoms. The Morgan fingerprint density at radius 1 is 1.12 bits per heavy atom. The first-order valence-electron chi connectivity index (χ1n) is 6.16. The Bertz CT molecular complexity index is 448. The number of aryl methyl sites for hydroxylation is 1. The monoisotopic (exact) mass is 300 g/mol. The highest BCUT2D eigenvalue weighted by molar-refractivity contribution is 9.09. The fourth-order valence-electron chi connectivity index (χ4n) is 3.13. The normalized spacial score (nSPS) is 32.4. The van der Waals surface area contributed by atoms with E-state index in [2.05, 4.69) is 15.9 Å². The van der Waals surface area contributed by atoms with Gasteiger partial charge >= 0.3 is 0 Å². The van der Waals surface area contributed by atoms with E-state index >= 15 is 0 Å². The van der Waals surface area contributed by atoms with Gasteiger partial charge in [0, 0.05) is 10.4 Å². The molecular weight excluding hydrogens is 286 g/mol. The third kappa shape index (κ3) is 2.03. The fraction of sp³-hybridized carbons (Fsp3) is 0.571. The second kappa shape index (κ2) is 4.04. The van der Waals surface area contributed by atoms with Crippen molar-refractivity contribution in [3.8, 4) is 0 Å². The van der Waals surface area contributed by atoms with Crippen LogP contribution in [0.15, 0.2) is 12.1 Å². The molecule has 0 radical (unpaired) electrons. The summed E-state index contributed by atoms with van der Waals surface area (Å²) in [5, 5.41) is 0. The van der Waals surface area contributed by atoms with Crippen LogP contribution >= 0.6 is 15.9 Å². The molecule has 2 aliphatic rings. The predicted molar refractivity (Wildman–Crippen MR) is 67.1 cm³/mol. The van der Waals surface area contributed by atoms with E-state index in [0.29, 0.717) is 17.0 Å². The van der Waals surface area contributed by atoms with Crippen LogP contribution in [0.2, 0.25) is 0 Å². The van der Waals surface area contributed by atoms with E-state index in [4.69, 9.17) is 0 Å². The highest BCUT2D eigenvalue weighted by atomic mass is 79.9. The van der Waals surface area contributed by atoms with Crippen molar-refractivity contribution in [3.05, 3.63) is 34.9 Å². The van der Waals surface area contributed by atoms with Crippen LogP contribution in [-0.4, -0.2) is 0 Å². The van der Waals surface area contributed by atoms with Crippen LogP contribution in [-0.2, 0) is 0 Å². The van der Waals surface area contributed by atoms with Crippen LogP contribution < -0.4 is 0 Å². The van der Waals surface area contributed by atoms with Crippen molar-refractivity contribution in [1.82, 2.24) is 0 Å². The quantitative estimate of drug-likeness (QED) is 0.691. The Morgan fingerprint density at radius 2 is 1.76 bits per heavy atom. The highest BCUT2D eigenvalue weighted by Gasteiger charge is 2.47. The Hall–Kier alpha value is -0.440. The Kier molecular flexibility index (Phi) is 2.77. The minimum absolute atomic E-state index is 0.0367. The molecule has 3 unspecified atom stereocenters. The van der Waals surface area contributed by atoms with Gasteiger partial charge in [0.15, 0.2) is 0 Å². The lowest BCUT2D eigenvalue weighted by Gasteiger charge is -2.20. The summed E-state index contributed by atoms with van der Waals surface area (Å²) in [4.78, 5) is -0.0367. The Labute approximate surface area is 109 Å². The molecule has 1 aromatic rings. The molecule has 0 heterocycles. The topological polar surface area (TPSA) is 0 Å². The van der Waals surface area contributed by atoms with E-state index < -0.39 is 0 Å². The molecule has 3 rings (SSSR count). The summed E-state index contributed by atoms with van der Waals surface area (Å²) in [7, 11) is 0. The maximum absolute atomic E-state index is 13.8. The van der Waals surface area contributed by atoms with E-state index in [9.17, 15) is 8.78 Å². The standard InChI is InChI=1S/C14H15BrF2/c1-7-2-13(17)11(6-12(7)16)14(15)10-4-8-3-9(8)5-10/h2,6,8-10,14H,3-5H2,1H3. The fourth-order valence-corrected chi connectivity index (χ4v) is 3.91. The van der Waals surface area contributed by atoms with Gasteiger partial charge in [-0.25, -0.2) is 8.78 Å². The molecule has 17 heavy (non-hydrogen) atoms. The van der Waals surface area contributed by atoms with E-state index in [1.54, 1.807) is 6.92 Å². The van der Waals surface area contributed by atoms with Gasteiger partial charge in [-0.15, -0.1) is 0 Å². The van der Waals surface area contributed by atoms with E-state index in [-0.39, 0.29) is 16.5 Å². The van der Waals surface area contributed by atoms with Crippen LogP contribution in [0.25, 0.3) is 0 Å². The molecule has 2 saturated carbocycles. The number of hydrogen-bond donors (Lipinski definition) is 0. The maximum Gasteiger partial charge on any atom is 0.128 e. The van der Waals surface area contributed by atoms with Crippen LogP contribution in [0.3, 0.4) is 0 Å². The SMILES string of the molecule is Cc1cc(F)c(C(Br)C2CC3CC3C2)cc1F. The third-order valence-electron chi connectivity index (χ3n) is 4.27. The molecule has 0 bridgehead atoms. The maximum atomic E-state index is 13.8. The molecule has 0 aliphatic heterocycles. The van der Waals surface area contributed by atoms with Crippen molar-refractivity contribution in [2.24, 2.45) is 17.8 Å². The molecule has 2 fully saturated rings. The lowest BCUT2D eigenvalue weighted by molar-refractivity contribution is 0.466. The molecule has 1 aromatic carbocycles. The zero-order chi connectivity index (χ0) is 12.2. The third-order valence-corrected chi connectivity index (χ3v) is 5.51. The summed E-state index contributed by atoms with van der Waals surface area (Å²) in [6.45, 7) is 1.59. The molecule has 3 heteroatoms. The largest absolute Gasteiger partial charge is 0.207 e. The van der Waals surface area contributed by atoms with Gasteiger partial charge < -0.3 is 0 Å². The summed E-state index contributed by atoms with van der Waals surface area (Å²) in [6.07, 6.45) is 3.67. The number of hydrogen-bond acceptors (Lipinski definition) is 0. The summed E-state index contributed by atoms with van der Waals surface area (Å²) in [5.74, 6) is 1.59. The molecule has 2 aliphatic carbocycles. The van der Waals surface area contributed by atoms with E-state index in [1.807, 2.05) is 0 Å². The van der Waals surface area contributed by atoms with Gasteiger partial charge in [-0.1, -0.05) is 15.9 Å². The minimum Gasteiger partial charge on any atom is -0.207 e. The average molecular weight is 301 g/mol. The van der Waals surface area contributed by atoms with Crippen molar-refractivity contribution in [2.45, 2.75) is 31.0 Å². The van der Waals surface area contributed by atoms with Gasteiger partial charge in [0.25, 0.3) is 0 Å². The van der Waals surface area contributed by atoms with Crippen LogP contribution in [0.4, 0.5) is 8.78 Å². The number of alkyl halides is 1. The summed E-state index contributed by atoms with van der Waals surface area (Å²) < 4.78 is 27.4. The van der Waals surface area contributed by atoms with Gasteiger partial charge in [0.2, 0.25) is 0 Å². The van der Waals surface area contributed by atoms with Crippen LogP contribution in [0.5, 0.6) is 0 Å². The van der Waals surface area contributed by atoms with Crippen molar-refractivity contribution in [1.29, 1.82) is 0 Å². The molecule has 0 aromatic heterocycles. The highest BCUT2D eigenvalue weighted by Crippen LogP contribution is 2.58. The van der Waals surface area contributed by atoms with Crippen molar-refractivity contribution in [2.75, 3.05) is 0 Å². The first-order valence-corrected chi connectivity index (χ1v) is 7.07. The van der Waals surface area contributed by atoms with Gasteiger partial charge in [0.05, 0.1) is 0 Å². The molecule has 0 saturated heterocycles. The second-order valence-corrected chi connectivity index (χ2v) is 6.50. The van der Waals surface area contributed by atoms with E-state index in [0.717, 1.165) is 24.7 Å². The Balaban J connectivity index is 1.85. The number of halogens is 3. The predicted octanol–water partition coefficient (Wildman–Crippen LogP) is 4.76. The van der Waals surface area contributed by atoms with E-state index in [1.165, 1.54) is 18.6 Å². The summed E-state index contributed by atoms with van der Waals surface area (Å²) in [5.41, 5.74) is 0.861. The molecule has 0 nitrogen and oxygen atoms in total. The van der Waals surface area contributed by atoms with Gasteiger partial charge in [-0.05, 0) is 61.6 Å². The second-order valence-electron chi connectivity index (χ2n) is 5.51. The Morgan fingerprint density at radius 3 is 2.41 bits per heavy atom. The van der Waals surface area contributed by atoms with Crippen molar-refractivity contribution in [3.63, 3.8) is 0 Å². The van der Waals surface area contributed by atoms with Crippen molar-refractivity contribution < 1.29 is 8.78 Å². The smallest absolute Gasteiger partial charge is 0.128 e. The first-order chi connectivity index (χ1) is 8.06. The number of fused-ring (bicyclic) bond motifs is 1. The molecule has 3 atom stereocenters. The zero-order valence-electron chi connectivity index (χ0n) is 9.72. The lowest BCUT2D eigenvalue weighted by Crippen LogP contribution is -2.08.